The van der Waals surface area contributed by atoms with Crippen molar-refractivity contribution >= 4 is 27.3 Å². The van der Waals surface area contributed by atoms with Crippen LogP contribution >= 0.6 is 0 Å². The lowest BCUT2D eigenvalue weighted by molar-refractivity contribution is -0.138. The van der Waals surface area contributed by atoms with E-state index in [1.54, 1.807) is 0 Å². The topological polar surface area (TPSA) is 92.3 Å². The summed E-state index contributed by atoms with van der Waals surface area (Å²) in [4.78, 5) is 24.8. The average Bonchev–Trinajstić information content (AvgIpc) is 3.27. The lowest BCUT2D eigenvalue weighted by Crippen LogP contribution is -2.45. The lowest BCUT2D eigenvalue weighted by atomic mass is 10.0. The molecular formula is C16H17F3N2O4S. The zero-order valence-electron chi connectivity index (χ0n) is 13.6. The molecule has 1 aromatic carbocycles. The fourth-order valence-electron chi connectivity index (χ4n) is 2.94. The molecule has 0 aromatic heterocycles. The second kappa shape index (κ2) is 6.26. The van der Waals surface area contributed by atoms with Gasteiger partial charge < -0.3 is 10.6 Å². The van der Waals surface area contributed by atoms with Gasteiger partial charge in [-0.2, -0.15) is 13.2 Å². The van der Waals surface area contributed by atoms with Gasteiger partial charge in [-0.15, -0.1) is 0 Å². The van der Waals surface area contributed by atoms with E-state index in [-0.39, 0.29) is 30.0 Å². The van der Waals surface area contributed by atoms with Crippen molar-refractivity contribution in [1.82, 2.24) is 5.32 Å². The van der Waals surface area contributed by atoms with E-state index in [4.69, 9.17) is 0 Å². The van der Waals surface area contributed by atoms with Gasteiger partial charge >= 0.3 is 6.18 Å². The molecule has 1 unspecified atom stereocenters. The molecule has 1 aliphatic carbocycles. The highest BCUT2D eigenvalue weighted by molar-refractivity contribution is 7.91. The van der Waals surface area contributed by atoms with Crippen molar-refractivity contribution < 1.29 is 31.2 Å². The maximum absolute atomic E-state index is 12.7. The first-order chi connectivity index (χ1) is 12.0. The molecule has 6 nitrogen and oxygen atoms in total. The molecule has 2 aliphatic rings. The van der Waals surface area contributed by atoms with E-state index in [1.165, 1.54) is 12.1 Å². The number of nitrogens with one attached hydrogen (secondary N) is 2. The quantitative estimate of drug-likeness (QED) is 0.766. The van der Waals surface area contributed by atoms with Crippen LogP contribution in [0.4, 0.5) is 18.9 Å². The summed E-state index contributed by atoms with van der Waals surface area (Å²) in [6.07, 6.45) is -3.71. The number of anilines is 1. The van der Waals surface area contributed by atoms with E-state index in [1.807, 2.05) is 0 Å². The summed E-state index contributed by atoms with van der Waals surface area (Å²) in [6, 6.07) is 3.63. The van der Waals surface area contributed by atoms with Gasteiger partial charge in [-0.3, -0.25) is 9.59 Å². The van der Waals surface area contributed by atoms with Crippen LogP contribution in [0.25, 0.3) is 0 Å². The summed E-state index contributed by atoms with van der Waals surface area (Å²) < 4.78 is 61.1. The number of alkyl halides is 3. The first-order valence-electron chi connectivity index (χ1n) is 8.02. The Labute approximate surface area is 148 Å². The number of sulfone groups is 1. The summed E-state index contributed by atoms with van der Waals surface area (Å²) in [5, 5.41) is 4.94. The molecule has 1 heterocycles. The van der Waals surface area contributed by atoms with Crippen LogP contribution < -0.4 is 10.6 Å². The van der Waals surface area contributed by atoms with Gasteiger partial charge in [-0.25, -0.2) is 8.42 Å². The molecule has 2 fully saturated rings. The van der Waals surface area contributed by atoms with Crippen molar-refractivity contribution in [2.45, 2.75) is 31.5 Å². The van der Waals surface area contributed by atoms with Crippen LogP contribution in [0.2, 0.25) is 0 Å². The van der Waals surface area contributed by atoms with Crippen molar-refractivity contribution in [3.8, 4) is 0 Å². The van der Waals surface area contributed by atoms with E-state index >= 15 is 0 Å². The second-order valence-electron chi connectivity index (χ2n) is 6.69. The lowest BCUT2D eigenvalue weighted by Gasteiger charge is -2.18. The molecule has 1 saturated heterocycles. The predicted octanol–water partition coefficient (Wildman–Crippen LogP) is 1.73. The van der Waals surface area contributed by atoms with Crippen LogP contribution in [-0.4, -0.2) is 37.8 Å². The van der Waals surface area contributed by atoms with Crippen molar-refractivity contribution in [2.24, 2.45) is 5.41 Å². The van der Waals surface area contributed by atoms with E-state index in [9.17, 15) is 31.2 Å². The zero-order valence-corrected chi connectivity index (χ0v) is 14.4. The van der Waals surface area contributed by atoms with Crippen LogP contribution in [0.3, 0.4) is 0 Å². The molecule has 10 heteroatoms. The summed E-state index contributed by atoms with van der Waals surface area (Å²) in [6.45, 7) is 0. The highest BCUT2D eigenvalue weighted by Gasteiger charge is 2.57. The summed E-state index contributed by atoms with van der Waals surface area (Å²) in [5.74, 6) is -1.44. The van der Waals surface area contributed by atoms with Gasteiger partial charge in [0.15, 0.2) is 9.84 Å². The molecule has 1 aromatic rings. The van der Waals surface area contributed by atoms with Gasteiger partial charge in [0.1, 0.15) is 5.41 Å². The van der Waals surface area contributed by atoms with Gasteiger partial charge in [0.2, 0.25) is 11.8 Å². The number of amides is 2. The number of rotatable bonds is 4. The smallest absolute Gasteiger partial charge is 0.351 e. The van der Waals surface area contributed by atoms with Crippen LogP contribution in [-0.2, 0) is 25.6 Å². The summed E-state index contributed by atoms with van der Waals surface area (Å²) in [7, 11) is -3.18. The van der Waals surface area contributed by atoms with E-state index in [0.717, 1.165) is 12.1 Å². The molecule has 1 atom stereocenters. The molecule has 2 N–H and O–H groups in total. The van der Waals surface area contributed by atoms with Gasteiger partial charge in [0.25, 0.3) is 0 Å². The third kappa shape index (κ3) is 3.84. The van der Waals surface area contributed by atoms with Crippen LogP contribution in [0.1, 0.15) is 24.8 Å². The first-order valence-corrected chi connectivity index (χ1v) is 9.84. The highest BCUT2D eigenvalue weighted by Crippen LogP contribution is 2.47. The minimum atomic E-state index is -4.54. The molecule has 142 valence electrons. The maximum atomic E-state index is 12.7. The second-order valence-corrected chi connectivity index (χ2v) is 8.92. The Balaban J connectivity index is 1.67. The molecule has 26 heavy (non-hydrogen) atoms. The van der Waals surface area contributed by atoms with Crippen molar-refractivity contribution in [2.75, 3.05) is 16.8 Å². The van der Waals surface area contributed by atoms with Gasteiger partial charge in [0.05, 0.1) is 17.1 Å². The third-order valence-corrected chi connectivity index (χ3v) is 6.40. The van der Waals surface area contributed by atoms with Gasteiger partial charge in [0, 0.05) is 11.7 Å². The number of carbonyl (C=O) groups excluding carboxylic acids is 2. The monoisotopic (exact) mass is 390 g/mol. The third-order valence-electron chi connectivity index (χ3n) is 4.63. The van der Waals surface area contributed by atoms with E-state index in [2.05, 4.69) is 10.6 Å². The number of hydrogen-bond donors (Lipinski definition) is 2. The normalized spacial score (nSPS) is 23.3. The molecule has 1 aliphatic heterocycles. The molecule has 0 spiro atoms. The van der Waals surface area contributed by atoms with Crippen molar-refractivity contribution in [3.63, 3.8) is 0 Å². The zero-order chi connectivity index (χ0) is 19.2. The molecular weight excluding hydrogens is 373 g/mol. The Morgan fingerprint density at radius 3 is 2.38 bits per heavy atom. The average molecular weight is 390 g/mol. The Morgan fingerprint density at radius 1 is 1.15 bits per heavy atom. The standard InChI is InChI=1S/C16H17F3N2O4S/c17-16(18,19)10-2-1-3-11(8-10)20-13(22)15(5-6-15)14(23)21-12-4-7-26(24,25)9-12/h1-3,8,12H,4-7,9H2,(H,20,22)(H,21,23). The number of carbonyl (C=O) groups is 2. The molecule has 0 radical (unpaired) electrons. The van der Waals surface area contributed by atoms with E-state index < -0.39 is 44.8 Å². The van der Waals surface area contributed by atoms with Crippen LogP contribution in [0.5, 0.6) is 0 Å². The summed E-state index contributed by atoms with van der Waals surface area (Å²) >= 11 is 0. The summed E-state index contributed by atoms with van der Waals surface area (Å²) in [5.41, 5.74) is -2.30. The Bertz CT molecular complexity index is 847. The molecule has 0 bridgehead atoms. The predicted molar refractivity (Wildman–Crippen MR) is 86.9 cm³/mol. The number of halogens is 3. The Hall–Kier alpha value is -2.10. The minimum absolute atomic E-state index is 0.0125. The fraction of sp³-hybridized carbons (Fsp3) is 0.500. The van der Waals surface area contributed by atoms with E-state index in [0.29, 0.717) is 6.42 Å². The molecule has 2 amide bonds. The SMILES string of the molecule is O=C(Nc1cccc(C(F)(F)F)c1)C1(C(=O)NC2CCS(=O)(=O)C2)CC1. The maximum Gasteiger partial charge on any atom is 0.416 e. The molecule has 1 saturated carbocycles. The largest absolute Gasteiger partial charge is 0.416 e. The van der Waals surface area contributed by atoms with Crippen LogP contribution in [0, 0.1) is 5.41 Å². The minimum Gasteiger partial charge on any atom is -0.351 e. The number of hydrogen-bond acceptors (Lipinski definition) is 4. The van der Waals surface area contributed by atoms with Crippen molar-refractivity contribution in [1.29, 1.82) is 0 Å². The Morgan fingerprint density at radius 2 is 1.85 bits per heavy atom. The Kier molecular flexibility index (Phi) is 4.50. The molecule has 3 rings (SSSR count). The van der Waals surface area contributed by atoms with Crippen LogP contribution in [0.15, 0.2) is 24.3 Å². The highest BCUT2D eigenvalue weighted by atomic mass is 32.2. The van der Waals surface area contributed by atoms with Gasteiger partial charge in [-0.1, -0.05) is 6.07 Å². The first kappa shape index (κ1) is 18.7. The van der Waals surface area contributed by atoms with Crippen molar-refractivity contribution in [3.05, 3.63) is 29.8 Å². The van der Waals surface area contributed by atoms with Gasteiger partial charge in [-0.05, 0) is 37.5 Å². The fourth-order valence-corrected chi connectivity index (χ4v) is 4.61. The number of benzene rings is 1.